The lowest BCUT2D eigenvalue weighted by Gasteiger charge is -1.94. The maximum atomic E-state index is 10.6. The summed E-state index contributed by atoms with van der Waals surface area (Å²) in [6.07, 6.45) is 0.461. The zero-order valence-corrected chi connectivity index (χ0v) is 8.84. The molecule has 0 N–H and O–H groups in total. The molecule has 0 bridgehead atoms. The molecule has 0 amide bonds. The van der Waals surface area contributed by atoms with Gasteiger partial charge in [-0.1, -0.05) is 0 Å². The Hall–Kier alpha value is -0.130. The van der Waals surface area contributed by atoms with E-state index < -0.39 is 9.05 Å². The quantitative estimate of drug-likeness (QED) is 0.734. The molecule has 0 radical (unpaired) electrons. The first kappa shape index (κ1) is 9.95. The molecule has 1 rings (SSSR count). The predicted molar refractivity (Wildman–Crippen MR) is 50.2 cm³/mol. The van der Waals surface area contributed by atoms with Crippen LogP contribution in [0, 0.1) is 6.92 Å². The second-order valence-corrected chi connectivity index (χ2v) is 6.19. The Balaban J connectivity index is 2.61. The summed E-state index contributed by atoms with van der Waals surface area (Å²) in [7, 11) is 1.69. The minimum atomic E-state index is -3.37. The summed E-state index contributed by atoms with van der Waals surface area (Å²) in [4.78, 5) is 4.98. The molecule has 0 saturated heterocycles. The van der Waals surface area contributed by atoms with Gasteiger partial charge in [-0.25, -0.2) is 13.4 Å². The van der Waals surface area contributed by atoms with Gasteiger partial charge in [-0.2, -0.15) is 0 Å². The molecule has 0 aliphatic heterocycles. The van der Waals surface area contributed by atoms with Gasteiger partial charge in [0.25, 0.3) is 0 Å². The van der Waals surface area contributed by atoms with Gasteiger partial charge in [0.15, 0.2) is 0 Å². The van der Waals surface area contributed by atoms with Gasteiger partial charge >= 0.3 is 0 Å². The monoisotopic (exact) mass is 225 g/mol. The van der Waals surface area contributed by atoms with Gasteiger partial charge in [-0.05, 0) is 13.3 Å². The van der Waals surface area contributed by atoms with Gasteiger partial charge < -0.3 is 0 Å². The van der Waals surface area contributed by atoms with Crippen LogP contribution in [0.2, 0.25) is 0 Å². The fraction of sp³-hybridized carbons (Fsp3) is 0.500. The van der Waals surface area contributed by atoms with Crippen LogP contribution >= 0.6 is 22.0 Å². The van der Waals surface area contributed by atoms with E-state index in [2.05, 4.69) is 4.98 Å². The Kier molecular flexibility index (Phi) is 3.09. The number of aryl methyl sites for hydroxylation is 2. The van der Waals surface area contributed by atoms with Crippen molar-refractivity contribution in [2.24, 2.45) is 0 Å². The number of nitrogens with zero attached hydrogens (tertiary/aromatic N) is 1. The van der Waals surface area contributed by atoms with Crippen molar-refractivity contribution >= 4 is 31.1 Å². The standard InChI is InChI=1S/C6H8ClNO2S2/c1-5-6(11-4-8-5)2-3-12(7,9)10/h4H,2-3H2,1H3. The van der Waals surface area contributed by atoms with Gasteiger partial charge in [0, 0.05) is 15.6 Å². The number of halogens is 1. The smallest absolute Gasteiger partial charge is 0.232 e. The molecule has 0 spiro atoms. The lowest BCUT2D eigenvalue weighted by molar-refractivity contribution is 0.609. The van der Waals surface area contributed by atoms with Crippen molar-refractivity contribution in [1.29, 1.82) is 0 Å². The summed E-state index contributed by atoms with van der Waals surface area (Å²) in [5.41, 5.74) is 2.59. The average molecular weight is 226 g/mol. The fourth-order valence-electron chi connectivity index (χ4n) is 0.781. The molecule has 1 aromatic heterocycles. The van der Waals surface area contributed by atoms with E-state index in [1.807, 2.05) is 6.92 Å². The van der Waals surface area contributed by atoms with Crippen LogP contribution in [0.15, 0.2) is 5.51 Å². The zero-order valence-electron chi connectivity index (χ0n) is 6.45. The van der Waals surface area contributed by atoms with Crippen LogP contribution < -0.4 is 0 Å². The van der Waals surface area contributed by atoms with Gasteiger partial charge in [-0.15, -0.1) is 11.3 Å². The molecule has 0 saturated carbocycles. The highest BCUT2D eigenvalue weighted by atomic mass is 35.7. The summed E-state index contributed by atoms with van der Waals surface area (Å²) in [6.45, 7) is 1.85. The van der Waals surface area contributed by atoms with E-state index in [4.69, 9.17) is 10.7 Å². The summed E-state index contributed by atoms with van der Waals surface area (Å²) in [5, 5.41) is 0. The third-order valence-electron chi connectivity index (χ3n) is 1.42. The first-order valence-electron chi connectivity index (χ1n) is 3.30. The predicted octanol–water partition coefficient (Wildman–Crippen LogP) is 1.56. The summed E-state index contributed by atoms with van der Waals surface area (Å²) < 4.78 is 21.2. The molecule has 68 valence electrons. The Labute approximate surface area is 79.8 Å². The average Bonchev–Trinajstić information content (AvgIpc) is 2.29. The molecule has 0 unspecified atom stereocenters. The molecular formula is C6H8ClNO2S2. The maximum Gasteiger partial charge on any atom is 0.232 e. The molecule has 6 heteroatoms. The second-order valence-electron chi connectivity index (χ2n) is 2.35. The summed E-state index contributed by atoms with van der Waals surface area (Å²) in [6, 6.07) is 0. The molecule has 0 aromatic carbocycles. The van der Waals surface area contributed by atoms with Crippen LogP contribution in [-0.2, 0) is 15.5 Å². The van der Waals surface area contributed by atoms with Crippen LogP contribution in [0.1, 0.15) is 10.6 Å². The minimum absolute atomic E-state index is 0.0163. The van der Waals surface area contributed by atoms with Gasteiger partial charge in [0.1, 0.15) is 0 Å². The number of hydrogen-bond acceptors (Lipinski definition) is 4. The second kappa shape index (κ2) is 3.72. The highest BCUT2D eigenvalue weighted by Gasteiger charge is 2.08. The van der Waals surface area contributed by atoms with Crippen molar-refractivity contribution in [3.8, 4) is 0 Å². The van der Waals surface area contributed by atoms with E-state index in [-0.39, 0.29) is 5.75 Å². The van der Waals surface area contributed by atoms with Crippen LogP contribution in [0.4, 0.5) is 0 Å². The molecule has 0 aliphatic carbocycles. The fourth-order valence-corrected chi connectivity index (χ4v) is 2.37. The van der Waals surface area contributed by atoms with Crippen molar-refractivity contribution in [2.45, 2.75) is 13.3 Å². The first-order valence-corrected chi connectivity index (χ1v) is 6.66. The Morgan fingerprint density at radius 3 is 2.75 bits per heavy atom. The lowest BCUT2D eigenvalue weighted by Crippen LogP contribution is -2.00. The Morgan fingerprint density at radius 1 is 1.67 bits per heavy atom. The normalized spacial score (nSPS) is 11.8. The minimum Gasteiger partial charge on any atom is -0.250 e. The SMILES string of the molecule is Cc1ncsc1CCS(=O)(=O)Cl. The number of rotatable bonds is 3. The topological polar surface area (TPSA) is 47.0 Å². The number of thiazole rings is 1. The van der Waals surface area contributed by atoms with E-state index >= 15 is 0 Å². The molecule has 0 fully saturated rings. The highest BCUT2D eigenvalue weighted by molar-refractivity contribution is 8.13. The third kappa shape index (κ3) is 3.08. The number of aromatic nitrogens is 1. The highest BCUT2D eigenvalue weighted by Crippen LogP contribution is 2.14. The molecule has 0 atom stereocenters. The van der Waals surface area contributed by atoms with Crippen molar-refractivity contribution in [3.63, 3.8) is 0 Å². The van der Waals surface area contributed by atoms with E-state index in [1.54, 1.807) is 5.51 Å². The third-order valence-corrected chi connectivity index (χ3v) is 3.57. The first-order chi connectivity index (χ1) is 5.49. The van der Waals surface area contributed by atoms with E-state index in [9.17, 15) is 8.42 Å². The van der Waals surface area contributed by atoms with E-state index in [0.29, 0.717) is 6.42 Å². The number of hydrogen-bond donors (Lipinski definition) is 0. The molecule has 12 heavy (non-hydrogen) atoms. The lowest BCUT2D eigenvalue weighted by atomic mass is 10.3. The van der Waals surface area contributed by atoms with Crippen LogP contribution in [0.25, 0.3) is 0 Å². The molecule has 1 heterocycles. The van der Waals surface area contributed by atoms with Crippen molar-refractivity contribution in [3.05, 3.63) is 16.1 Å². The molecule has 0 aliphatic rings. The van der Waals surface area contributed by atoms with Gasteiger partial charge in [0.05, 0.1) is 17.0 Å². The molecule has 1 aromatic rings. The van der Waals surface area contributed by atoms with Gasteiger partial charge in [-0.3, -0.25) is 0 Å². The van der Waals surface area contributed by atoms with Crippen LogP contribution in [0.3, 0.4) is 0 Å². The molecular weight excluding hydrogens is 218 g/mol. The van der Waals surface area contributed by atoms with E-state index in [0.717, 1.165) is 10.6 Å². The van der Waals surface area contributed by atoms with Crippen LogP contribution in [-0.4, -0.2) is 19.2 Å². The summed E-state index contributed by atoms with van der Waals surface area (Å²) in [5.74, 6) is -0.0163. The Morgan fingerprint density at radius 2 is 2.33 bits per heavy atom. The largest absolute Gasteiger partial charge is 0.250 e. The maximum absolute atomic E-state index is 10.6. The van der Waals surface area contributed by atoms with Crippen molar-refractivity contribution in [2.75, 3.05) is 5.75 Å². The molecule has 3 nitrogen and oxygen atoms in total. The van der Waals surface area contributed by atoms with Gasteiger partial charge in [0.2, 0.25) is 9.05 Å². The summed E-state index contributed by atoms with van der Waals surface area (Å²) >= 11 is 1.46. The Bertz CT molecular complexity index is 357. The van der Waals surface area contributed by atoms with Crippen molar-refractivity contribution in [1.82, 2.24) is 4.98 Å². The van der Waals surface area contributed by atoms with Crippen LogP contribution in [0.5, 0.6) is 0 Å². The van der Waals surface area contributed by atoms with Crippen molar-refractivity contribution < 1.29 is 8.42 Å². The van der Waals surface area contributed by atoms with E-state index in [1.165, 1.54) is 11.3 Å². The zero-order chi connectivity index (χ0) is 9.19.